The topological polar surface area (TPSA) is 66.4 Å². The molecule has 7 heteroatoms. The molecule has 1 saturated carbocycles. The summed E-state index contributed by atoms with van der Waals surface area (Å²) < 4.78 is 27.2. The molecule has 3 aromatic carbocycles. The second kappa shape index (κ2) is 7.90. The van der Waals surface area contributed by atoms with Gasteiger partial charge in [0, 0.05) is 22.1 Å². The zero-order valence-corrected chi connectivity index (χ0v) is 18.0. The number of aliphatic hydroxyl groups excluding tert-OH is 1. The number of fused-ring (bicyclic) bond motifs is 1. The highest BCUT2D eigenvalue weighted by atomic mass is 35.5. The van der Waals surface area contributed by atoms with Crippen molar-refractivity contribution in [3.63, 3.8) is 0 Å². The Hall–Kier alpha value is -3.35. The molecule has 0 saturated heterocycles. The van der Waals surface area contributed by atoms with Crippen LogP contribution < -0.4 is 5.32 Å². The van der Waals surface area contributed by atoms with Gasteiger partial charge in [-0.1, -0.05) is 41.9 Å². The predicted octanol–water partition coefficient (Wildman–Crippen LogP) is 5.37. The minimum absolute atomic E-state index is 0.0487. The standard InChI is InChI=1S/C26H18ClF2NO3/c27-20-11-23-18(10-17(20)14-1-4-16(5-2-14)26(13-32)7-8-26)24(25(33)30-23)19(12-31)15-3-6-21(28)22(29)9-15/h1-6,9-12,32H,7-8,13H2,(H,30,33)/b24-19-. The van der Waals surface area contributed by atoms with Crippen LogP contribution in [-0.2, 0) is 15.0 Å². The second-order valence-corrected chi connectivity index (χ2v) is 8.79. The first-order valence-corrected chi connectivity index (χ1v) is 10.8. The van der Waals surface area contributed by atoms with Crippen LogP contribution in [-0.4, -0.2) is 23.9 Å². The van der Waals surface area contributed by atoms with Gasteiger partial charge in [0.1, 0.15) is 0 Å². The van der Waals surface area contributed by atoms with Crippen LogP contribution in [0.2, 0.25) is 5.02 Å². The molecule has 0 radical (unpaired) electrons. The van der Waals surface area contributed by atoms with Gasteiger partial charge in [0.05, 0.1) is 22.9 Å². The van der Waals surface area contributed by atoms with E-state index in [0.29, 0.717) is 28.1 Å². The molecular formula is C26H18ClF2NO3. The monoisotopic (exact) mass is 465 g/mol. The fraction of sp³-hybridized carbons (Fsp3) is 0.154. The van der Waals surface area contributed by atoms with Crippen molar-refractivity contribution in [1.29, 1.82) is 0 Å². The summed E-state index contributed by atoms with van der Waals surface area (Å²) >= 11 is 6.51. The molecule has 1 fully saturated rings. The molecule has 2 aliphatic rings. The van der Waals surface area contributed by atoms with E-state index in [0.717, 1.165) is 36.1 Å². The van der Waals surface area contributed by atoms with Crippen molar-refractivity contribution in [1.82, 2.24) is 0 Å². The fourth-order valence-electron chi connectivity index (χ4n) is 4.31. The van der Waals surface area contributed by atoms with Crippen LogP contribution in [0.1, 0.15) is 29.5 Å². The van der Waals surface area contributed by atoms with E-state index in [2.05, 4.69) is 5.32 Å². The fourth-order valence-corrected chi connectivity index (χ4v) is 4.58. The molecule has 0 unspecified atom stereocenters. The molecule has 33 heavy (non-hydrogen) atoms. The molecule has 2 N–H and O–H groups in total. The van der Waals surface area contributed by atoms with Gasteiger partial charge in [-0.15, -0.1) is 0 Å². The van der Waals surface area contributed by atoms with Crippen LogP contribution in [0, 0.1) is 11.6 Å². The number of allylic oxidation sites excluding steroid dienone is 1. The predicted molar refractivity (Wildman–Crippen MR) is 123 cm³/mol. The number of nitrogens with one attached hydrogen (secondary N) is 1. The number of anilines is 1. The molecule has 166 valence electrons. The first kappa shape index (κ1) is 21.5. The number of halogens is 3. The molecular weight excluding hydrogens is 448 g/mol. The number of amides is 1. The average molecular weight is 466 g/mol. The Balaban J connectivity index is 1.62. The Morgan fingerprint density at radius 2 is 1.76 bits per heavy atom. The molecule has 0 spiro atoms. The van der Waals surface area contributed by atoms with E-state index in [1.165, 1.54) is 6.07 Å². The summed E-state index contributed by atoms with van der Waals surface area (Å²) in [6.45, 7) is 0.104. The summed E-state index contributed by atoms with van der Waals surface area (Å²) in [7, 11) is 0. The van der Waals surface area contributed by atoms with E-state index >= 15 is 0 Å². The number of benzene rings is 3. The van der Waals surface area contributed by atoms with Crippen molar-refractivity contribution in [3.8, 4) is 11.1 Å². The summed E-state index contributed by atoms with van der Waals surface area (Å²) in [6, 6.07) is 14.1. The van der Waals surface area contributed by atoms with Gasteiger partial charge in [-0.2, -0.15) is 0 Å². The molecule has 0 aromatic heterocycles. The van der Waals surface area contributed by atoms with E-state index < -0.39 is 17.5 Å². The number of hydrogen-bond donors (Lipinski definition) is 2. The molecule has 1 aliphatic heterocycles. The van der Waals surface area contributed by atoms with Crippen LogP contribution in [0.5, 0.6) is 0 Å². The van der Waals surface area contributed by atoms with Crippen molar-refractivity contribution >= 4 is 40.6 Å². The van der Waals surface area contributed by atoms with Gasteiger partial charge in [0.2, 0.25) is 0 Å². The zero-order chi connectivity index (χ0) is 23.3. The molecule has 5 rings (SSSR count). The normalized spacial score (nSPS) is 17.4. The Labute approximate surface area is 193 Å². The van der Waals surface area contributed by atoms with Crippen LogP contribution in [0.25, 0.3) is 22.3 Å². The quantitative estimate of drug-likeness (QED) is 0.393. The van der Waals surface area contributed by atoms with Crippen molar-refractivity contribution < 1.29 is 23.5 Å². The highest BCUT2D eigenvalue weighted by Crippen LogP contribution is 2.48. The van der Waals surface area contributed by atoms with Gasteiger partial charge in [-0.3, -0.25) is 9.59 Å². The Kier molecular flexibility index (Phi) is 5.15. The first-order chi connectivity index (χ1) is 15.9. The largest absolute Gasteiger partial charge is 0.395 e. The van der Waals surface area contributed by atoms with E-state index in [4.69, 9.17) is 11.6 Å². The van der Waals surface area contributed by atoms with Gasteiger partial charge < -0.3 is 10.4 Å². The SMILES string of the molecule is O=C/C(=C1/C(=O)Nc2cc(Cl)c(-c3ccc(C4(CO)CC4)cc3)cc21)c1ccc(F)c(F)c1. The summed E-state index contributed by atoms with van der Waals surface area (Å²) in [6.07, 6.45) is 2.36. The number of aldehydes is 1. The molecule has 3 aromatic rings. The van der Waals surface area contributed by atoms with Crippen molar-refractivity contribution in [2.75, 3.05) is 11.9 Å². The Morgan fingerprint density at radius 3 is 2.36 bits per heavy atom. The summed E-state index contributed by atoms with van der Waals surface area (Å²) in [5, 5.41) is 12.8. The number of aliphatic hydroxyl groups is 1. The third kappa shape index (κ3) is 3.56. The average Bonchev–Trinajstić information content (AvgIpc) is 3.55. The van der Waals surface area contributed by atoms with Crippen molar-refractivity contribution in [2.24, 2.45) is 0 Å². The molecule has 1 aliphatic carbocycles. The van der Waals surface area contributed by atoms with Crippen LogP contribution in [0.4, 0.5) is 14.5 Å². The molecule has 1 amide bonds. The lowest BCUT2D eigenvalue weighted by Gasteiger charge is -2.14. The van der Waals surface area contributed by atoms with E-state index in [1.807, 2.05) is 24.3 Å². The van der Waals surface area contributed by atoms with Crippen molar-refractivity contribution in [2.45, 2.75) is 18.3 Å². The summed E-state index contributed by atoms with van der Waals surface area (Å²) in [5.41, 5.74) is 3.36. The van der Waals surface area contributed by atoms with Gasteiger partial charge in [0.25, 0.3) is 5.91 Å². The van der Waals surface area contributed by atoms with E-state index in [-0.39, 0.29) is 28.7 Å². The molecule has 4 nitrogen and oxygen atoms in total. The number of hydrogen-bond acceptors (Lipinski definition) is 3. The molecule has 0 atom stereocenters. The minimum Gasteiger partial charge on any atom is -0.395 e. The zero-order valence-electron chi connectivity index (χ0n) is 17.3. The highest BCUT2D eigenvalue weighted by Gasteiger charge is 2.43. The highest BCUT2D eigenvalue weighted by molar-refractivity contribution is 6.43. The van der Waals surface area contributed by atoms with Crippen LogP contribution >= 0.6 is 11.6 Å². The van der Waals surface area contributed by atoms with Gasteiger partial charge in [-0.05, 0) is 53.8 Å². The third-order valence-electron chi connectivity index (χ3n) is 6.43. The maximum atomic E-state index is 13.8. The Morgan fingerprint density at radius 1 is 1.03 bits per heavy atom. The van der Waals surface area contributed by atoms with Gasteiger partial charge >= 0.3 is 0 Å². The van der Waals surface area contributed by atoms with Gasteiger partial charge in [-0.25, -0.2) is 8.78 Å². The van der Waals surface area contributed by atoms with Crippen LogP contribution in [0.15, 0.2) is 54.6 Å². The van der Waals surface area contributed by atoms with E-state index in [9.17, 15) is 23.5 Å². The minimum atomic E-state index is -1.11. The number of carbonyl (C=O) groups is 2. The Bertz CT molecular complexity index is 1340. The lowest BCUT2D eigenvalue weighted by atomic mass is 9.92. The van der Waals surface area contributed by atoms with Gasteiger partial charge in [0.15, 0.2) is 17.9 Å². The summed E-state index contributed by atoms with van der Waals surface area (Å²) in [5.74, 6) is -2.68. The van der Waals surface area contributed by atoms with Crippen LogP contribution in [0.3, 0.4) is 0 Å². The smallest absolute Gasteiger partial charge is 0.257 e. The maximum Gasteiger partial charge on any atom is 0.257 e. The lowest BCUT2D eigenvalue weighted by molar-refractivity contribution is -0.111. The second-order valence-electron chi connectivity index (χ2n) is 8.38. The lowest BCUT2D eigenvalue weighted by Crippen LogP contribution is -2.11. The number of carbonyl (C=O) groups excluding carboxylic acids is 2. The third-order valence-corrected chi connectivity index (χ3v) is 6.75. The summed E-state index contributed by atoms with van der Waals surface area (Å²) in [4.78, 5) is 24.7. The van der Waals surface area contributed by atoms with Crippen molar-refractivity contribution in [3.05, 3.63) is 87.9 Å². The first-order valence-electron chi connectivity index (χ1n) is 10.4. The maximum absolute atomic E-state index is 13.8. The molecule has 1 heterocycles. The molecule has 0 bridgehead atoms. The number of rotatable bonds is 5. The van der Waals surface area contributed by atoms with E-state index in [1.54, 1.807) is 12.1 Å².